The minimum Gasteiger partial charge on any atom is -0.406 e. The number of ether oxygens (including phenoxy) is 1. The van der Waals surface area contributed by atoms with E-state index in [1.807, 2.05) is 41.1 Å². The maximum atomic E-state index is 12.8. The maximum absolute atomic E-state index is 12.8. The average Bonchev–Trinajstić information content (AvgIpc) is 3.51. The molecule has 13 heteroatoms. The lowest BCUT2D eigenvalue weighted by Crippen LogP contribution is -2.47. The van der Waals surface area contributed by atoms with Gasteiger partial charge in [0.2, 0.25) is 5.82 Å². The Morgan fingerprint density at radius 3 is 2.39 bits per heavy atom. The smallest absolute Gasteiger partial charge is 0.406 e. The van der Waals surface area contributed by atoms with Gasteiger partial charge in [-0.2, -0.15) is 4.98 Å². The summed E-state index contributed by atoms with van der Waals surface area (Å²) in [6.07, 6.45) is -2.98. The highest BCUT2D eigenvalue weighted by molar-refractivity contribution is 5.94. The summed E-state index contributed by atoms with van der Waals surface area (Å²) < 4.78 is 46.3. The van der Waals surface area contributed by atoms with Gasteiger partial charge in [-0.05, 0) is 55.9 Å². The third-order valence-corrected chi connectivity index (χ3v) is 6.27. The minimum absolute atomic E-state index is 0.0425. The molecule has 1 fully saturated rings. The first kappa shape index (κ1) is 25.5. The molecule has 1 aromatic heterocycles. The van der Waals surface area contributed by atoms with E-state index in [4.69, 9.17) is 4.52 Å². The highest BCUT2D eigenvalue weighted by atomic mass is 19.4. The lowest BCUT2D eigenvalue weighted by atomic mass is 10.1. The van der Waals surface area contributed by atoms with Crippen LogP contribution in [0.4, 0.5) is 19.2 Å². The number of hydrazine groups is 2. The van der Waals surface area contributed by atoms with Gasteiger partial charge in [0.15, 0.2) is 0 Å². The Hall–Kier alpha value is -4.10. The van der Waals surface area contributed by atoms with Gasteiger partial charge in [-0.25, -0.2) is 5.01 Å². The average molecular weight is 530 g/mol. The van der Waals surface area contributed by atoms with Crippen molar-refractivity contribution in [3.8, 4) is 17.1 Å². The number of halogens is 3. The zero-order valence-electron chi connectivity index (χ0n) is 20.8. The molecule has 3 heterocycles. The number of aromatic nitrogens is 2. The Balaban J connectivity index is 1.18. The van der Waals surface area contributed by atoms with Gasteiger partial charge in [0.25, 0.3) is 5.91 Å². The van der Waals surface area contributed by atoms with Crippen molar-refractivity contribution in [1.29, 1.82) is 0 Å². The van der Waals surface area contributed by atoms with Crippen molar-refractivity contribution in [2.75, 3.05) is 38.2 Å². The Morgan fingerprint density at radius 2 is 1.74 bits per heavy atom. The zero-order valence-corrected chi connectivity index (χ0v) is 20.8. The quantitative estimate of drug-likeness (QED) is 0.514. The number of rotatable bonds is 6. The predicted octanol–water partition coefficient (Wildman–Crippen LogP) is 3.63. The Labute approximate surface area is 216 Å². The molecule has 0 spiro atoms. The van der Waals surface area contributed by atoms with Gasteiger partial charge in [-0.1, -0.05) is 17.3 Å². The van der Waals surface area contributed by atoms with Crippen molar-refractivity contribution >= 4 is 11.9 Å². The van der Waals surface area contributed by atoms with Crippen LogP contribution in [0.3, 0.4) is 0 Å². The normalized spacial score (nSPS) is 16.7. The van der Waals surface area contributed by atoms with Crippen LogP contribution in [-0.4, -0.2) is 70.4 Å². The fourth-order valence-electron chi connectivity index (χ4n) is 4.12. The summed E-state index contributed by atoms with van der Waals surface area (Å²) in [6, 6.07) is 12.9. The molecular weight excluding hydrogens is 503 g/mol. The molecule has 5 rings (SSSR count). The van der Waals surface area contributed by atoms with Gasteiger partial charge in [0, 0.05) is 49.2 Å². The molecule has 0 radical (unpaired) electrons. The first-order chi connectivity index (χ1) is 18.1. The van der Waals surface area contributed by atoms with Crippen LogP contribution in [0.15, 0.2) is 65.0 Å². The molecule has 0 atom stereocenters. The number of benzene rings is 2. The van der Waals surface area contributed by atoms with E-state index in [1.54, 1.807) is 11.2 Å². The number of likely N-dealkylation sites (N-methyl/N-ethyl adjacent to an activating group) is 1. The van der Waals surface area contributed by atoms with Crippen molar-refractivity contribution in [3.05, 3.63) is 71.6 Å². The third-order valence-electron chi connectivity index (χ3n) is 6.27. The second-order valence-corrected chi connectivity index (χ2v) is 9.09. The van der Waals surface area contributed by atoms with E-state index in [-0.39, 0.29) is 23.5 Å². The molecule has 1 N–H and O–H groups in total. The van der Waals surface area contributed by atoms with Gasteiger partial charge in [-0.3, -0.25) is 9.80 Å². The lowest BCUT2D eigenvalue weighted by molar-refractivity contribution is -0.274. The number of piperazine rings is 1. The largest absolute Gasteiger partial charge is 0.573 e. The standard InChI is InChI=1S/C25H26F3N7O3/c1-17-15-35(24-29-22(30-38-24)19-7-9-21(10-8-19)37-25(26,27)28)31-34(17)16-18-3-5-20(6-4-18)23(36)33-13-11-32(2)12-14-33/h3-10,15,31H,11-14,16H2,1-2H3. The van der Waals surface area contributed by atoms with Crippen LogP contribution in [-0.2, 0) is 6.54 Å². The first-order valence-electron chi connectivity index (χ1n) is 11.9. The number of amides is 1. The summed E-state index contributed by atoms with van der Waals surface area (Å²) in [5, 5.41) is 7.35. The van der Waals surface area contributed by atoms with Crippen LogP contribution in [0.2, 0.25) is 0 Å². The third kappa shape index (κ3) is 5.89. The van der Waals surface area contributed by atoms with Crippen LogP contribution in [0.25, 0.3) is 11.4 Å². The molecule has 0 saturated carbocycles. The van der Waals surface area contributed by atoms with Crippen LogP contribution in [0, 0.1) is 0 Å². The molecule has 0 unspecified atom stereocenters. The molecule has 1 saturated heterocycles. The molecule has 10 nitrogen and oxygen atoms in total. The summed E-state index contributed by atoms with van der Waals surface area (Å²) in [7, 11) is 2.05. The molecule has 2 aromatic carbocycles. The molecule has 0 bridgehead atoms. The van der Waals surface area contributed by atoms with Crippen molar-refractivity contribution in [1.82, 2.24) is 30.5 Å². The molecular formula is C25H26F3N7O3. The second kappa shape index (κ2) is 10.3. The number of hydrogen-bond acceptors (Lipinski definition) is 9. The van der Waals surface area contributed by atoms with Gasteiger partial charge >= 0.3 is 12.4 Å². The second-order valence-electron chi connectivity index (χ2n) is 9.09. The van der Waals surface area contributed by atoms with E-state index in [1.165, 1.54) is 24.3 Å². The Morgan fingerprint density at radius 1 is 1.05 bits per heavy atom. The fraction of sp³-hybridized carbons (Fsp3) is 0.320. The van der Waals surface area contributed by atoms with Crippen molar-refractivity contribution in [3.63, 3.8) is 0 Å². The van der Waals surface area contributed by atoms with E-state index < -0.39 is 6.36 Å². The fourth-order valence-corrected chi connectivity index (χ4v) is 4.12. The van der Waals surface area contributed by atoms with Gasteiger partial charge < -0.3 is 19.1 Å². The number of anilines is 1. The maximum Gasteiger partial charge on any atom is 0.573 e. The summed E-state index contributed by atoms with van der Waals surface area (Å²) in [6.45, 7) is 5.63. The van der Waals surface area contributed by atoms with Crippen LogP contribution in [0.5, 0.6) is 5.75 Å². The van der Waals surface area contributed by atoms with Gasteiger partial charge in [-0.15, -0.1) is 18.7 Å². The van der Waals surface area contributed by atoms with Crippen LogP contribution < -0.4 is 15.3 Å². The molecule has 2 aliphatic rings. The van der Waals surface area contributed by atoms with Crippen molar-refractivity contribution in [2.45, 2.75) is 19.8 Å². The minimum atomic E-state index is -4.76. The summed E-state index contributed by atoms with van der Waals surface area (Å²) in [5.41, 5.74) is 6.17. The number of carbonyl (C=O) groups is 1. The molecule has 200 valence electrons. The summed E-state index contributed by atoms with van der Waals surface area (Å²) in [4.78, 5) is 21.2. The van der Waals surface area contributed by atoms with Gasteiger partial charge in [0.1, 0.15) is 5.75 Å². The van der Waals surface area contributed by atoms with Crippen molar-refractivity contribution < 1.29 is 27.2 Å². The van der Waals surface area contributed by atoms with Gasteiger partial charge in [0.05, 0.1) is 6.54 Å². The van der Waals surface area contributed by atoms with Crippen LogP contribution in [0.1, 0.15) is 22.8 Å². The first-order valence-corrected chi connectivity index (χ1v) is 11.9. The molecule has 0 aliphatic carbocycles. The number of carbonyl (C=O) groups excluding carboxylic acids is 1. The molecule has 1 amide bonds. The highest BCUT2D eigenvalue weighted by Gasteiger charge is 2.31. The predicted molar refractivity (Wildman–Crippen MR) is 131 cm³/mol. The number of alkyl halides is 3. The Bertz CT molecular complexity index is 1300. The summed E-state index contributed by atoms with van der Waals surface area (Å²) >= 11 is 0. The summed E-state index contributed by atoms with van der Waals surface area (Å²) in [5.74, 6) is -0.0801. The molecule has 2 aliphatic heterocycles. The van der Waals surface area contributed by atoms with E-state index >= 15 is 0 Å². The lowest BCUT2D eigenvalue weighted by Gasteiger charge is -2.32. The zero-order chi connectivity index (χ0) is 26.9. The number of nitrogens with one attached hydrogen (secondary N) is 1. The number of allylic oxidation sites excluding steroid dienone is 1. The number of hydrogen-bond donors (Lipinski definition) is 1. The topological polar surface area (TPSA) is 90.2 Å². The Kier molecular flexibility index (Phi) is 6.95. The molecule has 3 aromatic rings. The van der Waals surface area contributed by atoms with E-state index in [2.05, 4.69) is 32.4 Å². The van der Waals surface area contributed by atoms with Crippen LogP contribution >= 0.6 is 0 Å². The SMILES string of the molecule is CC1=CN(c2nc(-c3ccc(OC(F)(F)F)cc3)no2)NN1Cc1ccc(C(=O)N2CCN(C)CC2)cc1. The van der Waals surface area contributed by atoms with E-state index in [0.29, 0.717) is 17.7 Å². The monoisotopic (exact) mass is 529 g/mol. The number of nitrogens with zero attached hydrogens (tertiary/aromatic N) is 6. The highest BCUT2D eigenvalue weighted by Crippen LogP contribution is 2.27. The van der Waals surface area contributed by atoms with E-state index in [0.717, 1.165) is 37.4 Å². The van der Waals surface area contributed by atoms with Crippen molar-refractivity contribution in [2.24, 2.45) is 0 Å². The molecule has 38 heavy (non-hydrogen) atoms. The van der Waals surface area contributed by atoms with E-state index in [9.17, 15) is 18.0 Å².